The predicted molar refractivity (Wildman–Crippen MR) is 94.2 cm³/mol. The second kappa shape index (κ2) is 6.36. The van der Waals surface area contributed by atoms with Crippen LogP contribution in [0, 0.1) is 5.82 Å². The van der Waals surface area contributed by atoms with Crippen LogP contribution in [-0.4, -0.2) is 28.1 Å². The van der Waals surface area contributed by atoms with Gasteiger partial charge in [-0.15, -0.1) is 0 Å². The van der Waals surface area contributed by atoms with Crippen molar-refractivity contribution in [2.75, 3.05) is 6.54 Å². The molecule has 1 amide bonds. The van der Waals surface area contributed by atoms with Crippen LogP contribution in [-0.2, 0) is 19.4 Å². The highest BCUT2D eigenvalue weighted by atomic mass is 35.5. The molecule has 2 aromatic rings. The van der Waals surface area contributed by atoms with Crippen molar-refractivity contribution in [3.05, 3.63) is 67.3 Å². The third-order valence-corrected chi connectivity index (χ3v) is 5.35. The summed E-state index contributed by atoms with van der Waals surface area (Å²) in [5.74, 6) is -0.979. The summed E-state index contributed by atoms with van der Waals surface area (Å²) >= 11 is 6.08. The highest BCUT2D eigenvalue weighted by Crippen LogP contribution is 2.28. The van der Waals surface area contributed by atoms with Crippen molar-refractivity contribution < 1.29 is 14.0 Å². The van der Waals surface area contributed by atoms with E-state index in [0.29, 0.717) is 54.1 Å². The van der Waals surface area contributed by atoms with Gasteiger partial charge >= 0.3 is 0 Å². The number of pyridine rings is 1. The van der Waals surface area contributed by atoms with E-state index < -0.39 is 17.3 Å². The number of aromatic nitrogens is 1. The Balaban J connectivity index is 1.68. The summed E-state index contributed by atoms with van der Waals surface area (Å²) in [6.07, 6.45) is 2.23. The van der Waals surface area contributed by atoms with Gasteiger partial charge in [0.15, 0.2) is 5.78 Å². The summed E-state index contributed by atoms with van der Waals surface area (Å²) in [5, 5.41) is 0.351. The number of nitrogens with zero attached hydrogens (tertiary/aromatic N) is 1. The van der Waals surface area contributed by atoms with Crippen LogP contribution >= 0.6 is 11.6 Å². The Hall–Kier alpha value is -2.47. The number of rotatable bonds is 1. The van der Waals surface area contributed by atoms with E-state index in [-0.39, 0.29) is 17.9 Å². The number of ketones is 1. The molecule has 0 fully saturated rings. The normalized spacial score (nSPS) is 16.2. The fraction of sp³-hybridized carbons (Fsp3) is 0.316. The molecular formula is C19H16ClFN2O3. The molecule has 1 aliphatic heterocycles. The largest absolute Gasteiger partial charge is 0.334 e. The van der Waals surface area contributed by atoms with E-state index in [4.69, 9.17) is 11.6 Å². The highest BCUT2D eigenvalue weighted by Gasteiger charge is 2.28. The first-order valence-electron chi connectivity index (χ1n) is 8.49. The number of carbonyl (C=O) groups is 2. The second-order valence-corrected chi connectivity index (χ2v) is 7.09. The molecule has 0 atom stereocenters. The molecule has 0 spiro atoms. The summed E-state index contributed by atoms with van der Waals surface area (Å²) in [6, 6.07) is 4.03. The first kappa shape index (κ1) is 17.0. The zero-order valence-corrected chi connectivity index (χ0v) is 14.7. The summed E-state index contributed by atoms with van der Waals surface area (Å²) in [5.41, 5.74) is 1.94. The zero-order valence-electron chi connectivity index (χ0n) is 13.9. The Morgan fingerprint density at radius 1 is 1.15 bits per heavy atom. The Morgan fingerprint density at radius 3 is 2.77 bits per heavy atom. The minimum atomic E-state index is -0.494. The smallest absolute Gasteiger partial charge is 0.261 e. The lowest BCUT2D eigenvalue weighted by molar-refractivity contribution is 0.0732. The van der Waals surface area contributed by atoms with E-state index in [1.807, 2.05) is 0 Å². The molecule has 4 rings (SSSR count). The quantitative estimate of drug-likeness (QED) is 0.834. The van der Waals surface area contributed by atoms with E-state index in [2.05, 4.69) is 4.98 Å². The van der Waals surface area contributed by atoms with Gasteiger partial charge in [-0.25, -0.2) is 4.39 Å². The highest BCUT2D eigenvalue weighted by molar-refractivity contribution is 6.31. The number of amides is 1. The second-order valence-electron chi connectivity index (χ2n) is 6.68. The number of nitrogens with one attached hydrogen (secondary N) is 1. The van der Waals surface area contributed by atoms with Crippen molar-refractivity contribution in [1.29, 1.82) is 0 Å². The number of fused-ring (bicyclic) bond motifs is 2. The van der Waals surface area contributed by atoms with E-state index >= 15 is 0 Å². The maximum absolute atomic E-state index is 13.6. The van der Waals surface area contributed by atoms with Gasteiger partial charge in [0, 0.05) is 35.8 Å². The molecule has 5 nitrogen and oxygen atoms in total. The molecular weight excluding hydrogens is 359 g/mol. The van der Waals surface area contributed by atoms with E-state index in [0.717, 1.165) is 5.56 Å². The van der Waals surface area contributed by atoms with Crippen molar-refractivity contribution in [3.8, 4) is 0 Å². The maximum atomic E-state index is 13.6. The van der Waals surface area contributed by atoms with Crippen molar-refractivity contribution in [3.63, 3.8) is 0 Å². The van der Waals surface area contributed by atoms with Gasteiger partial charge in [0.1, 0.15) is 11.4 Å². The number of halogens is 2. The van der Waals surface area contributed by atoms with Gasteiger partial charge in [-0.05, 0) is 48.6 Å². The molecule has 0 radical (unpaired) electrons. The Morgan fingerprint density at radius 2 is 1.96 bits per heavy atom. The number of hydrogen-bond donors (Lipinski definition) is 1. The molecule has 26 heavy (non-hydrogen) atoms. The molecule has 1 aromatic heterocycles. The average molecular weight is 375 g/mol. The Labute approximate surface area is 153 Å². The molecule has 1 aliphatic carbocycles. The first-order valence-corrected chi connectivity index (χ1v) is 8.87. The van der Waals surface area contributed by atoms with E-state index in [1.54, 1.807) is 0 Å². The molecule has 2 aliphatic rings. The lowest BCUT2D eigenvalue weighted by Crippen LogP contribution is -2.39. The summed E-state index contributed by atoms with van der Waals surface area (Å²) in [6.45, 7) is 0.553. The van der Waals surface area contributed by atoms with Gasteiger partial charge in [-0.1, -0.05) is 11.6 Å². The molecule has 0 saturated heterocycles. The number of Topliss-reactive ketones (excluding diaryl/α,β-unsaturated/α-hetero) is 1. The lowest BCUT2D eigenvalue weighted by Gasteiger charge is -2.29. The number of carbonyl (C=O) groups excluding carboxylic acids is 2. The SMILES string of the molecule is O=C1CCCc2[nH]c(=O)c(C(=O)N3CCc4c(Cl)cc(F)cc4C3)cc21. The Kier molecular flexibility index (Phi) is 4.15. The van der Waals surface area contributed by atoms with Crippen LogP contribution in [0.15, 0.2) is 23.0 Å². The van der Waals surface area contributed by atoms with Crippen molar-refractivity contribution in [1.82, 2.24) is 9.88 Å². The average Bonchev–Trinajstić information content (AvgIpc) is 2.60. The summed E-state index contributed by atoms with van der Waals surface area (Å²) in [7, 11) is 0. The van der Waals surface area contributed by atoms with Crippen LogP contribution in [0.25, 0.3) is 0 Å². The third kappa shape index (κ3) is 2.84. The minimum absolute atomic E-state index is 0.0510. The third-order valence-electron chi connectivity index (χ3n) is 5.02. The molecule has 134 valence electrons. The van der Waals surface area contributed by atoms with Crippen LogP contribution in [0.2, 0.25) is 5.02 Å². The van der Waals surface area contributed by atoms with Gasteiger partial charge < -0.3 is 9.88 Å². The van der Waals surface area contributed by atoms with Crippen molar-refractivity contribution in [2.45, 2.75) is 32.2 Å². The fourth-order valence-corrected chi connectivity index (χ4v) is 4.01. The molecule has 1 N–H and O–H groups in total. The van der Waals surface area contributed by atoms with Gasteiger partial charge in [-0.2, -0.15) is 0 Å². The topological polar surface area (TPSA) is 70.2 Å². The number of benzene rings is 1. The maximum Gasteiger partial charge on any atom is 0.261 e. The van der Waals surface area contributed by atoms with Crippen LogP contribution in [0.4, 0.5) is 4.39 Å². The number of aromatic amines is 1. The van der Waals surface area contributed by atoms with E-state index in [1.165, 1.54) is 23.1 Å². The van der Waals surface area contributed by atoms with Crippen LogP contribution in [0.1, 0.15) is 50.4 Å². The number of hydrogen-bond acceptors (Lipinski definition) is 3. The standard InChI is InChI=1S/C19H16ClFN2O3/c20-15-7-11(21)6-10-9-23(5-4-12(10)15)19(26)14-8-13-16(22-18(14)25)2-1-3-17(13)24/h6-8H,1-5,9H2,(H,22,25). The van der Waals surface area contributed by atoms with Crippen molar-refractivity contribution >= 4 is 23.3 Å². The predicted octanol–water partition coefficient (Wildman–Crippen LogP) is 2.88. The zero-order chi connectivity index (χ0) is 18.4. The molecule has 7 heteroatoms. The Bertz CT molecular complexity index is 999. The minimum Gasteiger partial charge on any atom is -0.334 e. The van der Waals surface area contributed by atoms with Gasteiger partial charge in [0.2, 0.25) is 0 Å². The van der Waals surface area contributed by atoms with Crippen LogP contribution in [0.5, 0.6) is 0 Å². The summed E-state index contributed by atoms with van der Waals surface area (Å²) in [4.78, 5) is 41.5. The molecule has 0 saturated carbocycles. The van der Waals surface area contributed by atoms with Gasteiger partial charge in [-0.3, -0.25) is 14.4 Å². The molecule has 0 unspecified atom stereocenters. The van der Waals surface area contributed by atoms with Crippen molar-refractivity contribution in [2.24, 2.45) is 0 Å². The van der Waals surface area contributed by atoms with E-state index in [9.17, 15) is 18.8 Å². The fourth-order valence-electron chi connectivity index (χ4n) is 3.69. The molecule has 2 heterocycles. The molecule has 1 aromatic carbocycles. The van der Waals surface area contributed by atoms with Crippen LogP contribution in [0.3, 0.4) is 0 Å². The van der Waals surface area contributed by atoms with Crippen LogP contribution < -0.4 is 5.56 Å². The summed E-state index contributed by atoms with van der Waals surface area (Å²) < 4.78 is 13.6. The first-order chi connectivity index (χ1) is 12.4. The number of aryl methyl sites for hydroxylation is 1. The van der Waals surface area contributed by atoms with Gasteiger partial charge in [0.05, 0.1) is 0 Å². The monoisotopic (exact) mass is 374 g/mol. The lowest BCUT2D eigenvalue weighted by atomic mass is 9.93. The number of H-pyrrole nitrogens is 1. The molecule has 0 bridgehead atoms. The van der Waals surface area contributed by atoms with Gasteiger partial charge in [0.25, 0.3) is 11.5 Å².